The Morgan fingerprint density at radius 1 is 1.37 bits per heavy atom. The van der Waals surface area contributed by atoms with Gasteiger partial charge in [0.05, 0.1) is 0 Å². The molecule has 0 saturated carbocycles. The van der Waals surface area contributed by atoms with Crippen molar-refractivity contribution in [2.75, 3.05) is 11.9 Å². The molecule has 1 aliphatic rings. The Kier molecular flexibility index (Phi) is 3.95. The van der Waals surface area contributed by atoms with Gasteiger partial charge < -0.3 is 11.1 Å². The van der Waals surface area contributed by atoms with Gasteiger partial charge in [0.2, 0.25) is 5.91 Å². The van der Waals surface area contributed by atoms with E-state index in [1.54, 1.807) is 0 Å². The summed E-state index contributed by atoms with van der Waals surface area (Å²) in [6, 6.07) is 6.33. The standard InChI is InChI=1S/C16H24N2O/c1-16(2,3)13-8-4-6-11-10-12(7-5-9-17)15(19)18-14(11)13/h4,6,8,12H,5,7,9-10,17H2,1-3H3,(H,18,19). The first kappa shape index (κ1) is 14.1. The molecule has 19 heavy (non-hydrogen) atoms. The number of carbonyl (C=O) groups is 1. The minimum atomic E-state index is 0.0444. The average Bonchev–Trinajstić information content (AvgIpc) is 2.34. The third-order valence-electron chi connectivity index (χ3n) is 3.80. The van der Waals surface area contributed by atoms with E-state index in [1.165, 1.54) is 11.1 Å². The summed E-state index contributed by atoms with van der Waals surface area (Å²) >= 11 is 0. The van der Waals surface area contributed by atoms with Crippen LogP contribution in [0.15, 0.2) is 18.2 Å². The van der Waals surface area contributed by atoms with Crippen LogP contribution in [-0.4, -0.2) is 12.5 Å². The van der Waals surface area contributed by atoms with E-state index in [4.69, 9.17) is 5.73 Å². The van der Waals surface area contributed by atoms with Gasteiger partial charge in [-0.15, -0.1) is 0 Å². The second kappa shape index (κ2) is 5.33. The van der Waals surface area contributed by atoms with Crippen molar-refractivity contribution in [2.45, 2.75) is 45.4 Å². The summed E-state index contributed by atoms with van der Waals surface area (Å²) in [6.45, 7) is 7.18. The highest BCUT2D eigenvalue weighted by molar-refractivity contribution is 5.96. The molecule has 3 heteroatoms. The third kappa shape index (κ3) is 2.98. The van der Waals surface area contributed by atoms with Crippen LogP contribution in [0, 0.1) is 5.92 Å². The zero-order chi connectivity index (χ0) is 14.0. The number of fused-ring (bicyclic) bond motifs is 1. The molecule has 0 fully saturated rings. The van der Waals surface area contributed by atoms with Gasteiger partial charge in [-0.25, -0.2) is 0 Å². The molecule has 0 spiro atoms. The molecule has 3 N–H and O–H groups in total. The highest BCUT2D eigenvalue weighted by Crippen LogP contribution is 2.36. The van der Waals surface area contributed by atoms with Gasteiger partial charge in [-0.1, -0.05) is 39.0 Å². The maximum absolute atomic E-state index is 12.2. The maximum Gasteiger partial charge on any atom is 0.227 e. The van der Waals surface area contributed by atoms with E-state index in [-0.39, 0.29) is 17.2 Å². The van der Waals surface area contributed by atoms with Crippen LogP contribution in [0.4, 0.5) is 5.69 Å². The maximum atomic E-state index is 12.2. The molecule has 0 bridgehead atoms. The third-order valence-corrected chi connectivity index (χ3v) is 3.80. The highest BCUT2D eigenvalue weighted by atomic mass is 16.1. The van der Waals surface area contributed by atoms with E-state index >= 15 is 0 Å². The van der Waals surface area contributed by atoms with E-state index in [0.29, 0.717) is 6.54 Å². The molecule has 0 aromatic heterocycles. The lowest BCUT2D eigenvalue weighted by Crippen LogP contribution is -2.32. The topological polar surface area (TPSA) is 55.1 Å². The number of nitrogens with one attached hydrogen (secondary N) is 1. The predicted molar refractivity (Wildman–Crippen MR) is 79.3 cm³/mol. The van der Waals surface area contributed by atoms with E-state index in [0.717, 1.165) is 24.9 Å². The molecule has 0 aliphatic carbocycles. The van der Waals surface area contributed by atoms with Crippen molar-refractivity contribution in [2.24, 2.45) is 11.7 Å². The quantitative estimate of drug-likeness (QED) is 0.878. The summed E-state index contributed by atoms with van der Waals surface area (Å²) in [6.07, 6.45) is 2.62. The Balaban J connectivity index is 2.30. The van der Waals surface area contributed by atoms with Crippen LogP contribution in [0.25, 0.3) is 0 Å². The van der Waals surface area contributed by atoms with Gasteiger partial charge in [0.1, 0.15) is 0 Å². The minimum Gasteiger partial charge on any atom is -0.330 e. The fraction of sp³-hybridized carbons (Fsp3) is 0.562. The Labute approximate surface area is 115 Å². The molecular weight excluding hydrogens is 236 g/mol. The molecule has 104 valence electrons. The van der Waals surface area contributed by atoms with E-state index < -0.39 is 0 Å². The first-order chi connectivity index (χ1) is 8.93. The molecule has 0 saturated heterocycles. The highest BCUT2D eigenvalue weighted by Gasteiger charge is 2.29. The van der Waals surface area contributed by atoms with Gasteiger partial charge in [0, 0.05) is 11.6 Å². The number of carbonyl (C=O) groups excluding carboxylic acids is 1. The minimum absolute atomic E-state index is 0.0444. The van der Waals surface area contributed by atoms with Crippen LogP contribution in [0.2, 0.25) is 0 Å². The van der Waals surface area contributed by atoms with Gasteiger partial charge in [-0.2, -0.15) is 0 Å². The Morgan fingerprint density at radius 3 is 2.74 bits per heavy atom. The molecule has 1 aliphatic heterocycles. The van der Waals surface area contributed by atoms with E-state index in [1.807, 2.05) is 0 Å². The average molecular weight is 260 g/mol. The molecule has 1 aromatic carbocycles. The second-order valence-electron chi connectivity index (χ2n) is 6.41. The van der Waals surface area contributed by atoms with Crippen LogP contribution in [0.3, 0.4) is 0 Å². The zero-order valence-electron chi connectivity index (χ0n) is 12.1. The van der Waals surface area contributed by atoms with Crippen molar-refractivity contribution in [3.63, 3.8) is 0 Å². The molecule has 1 atom stereocenters. The van der Waals surface area contributed by atoms with E-state index in [9.17, 15) is 4.79 Å². The van der Waals surface area contributed by atoms with Crippen LogP contribution < -0.4 is 11.1 Å². The largest absolute Gasteiger partial charge is 0.330 e. The molecule has 1 amide bonds. The number of amides is 1. The smallest absolute Gasteiger partial charge is 0.227 e. The number of hydrogen-bond donors (Lipinski definition) is 2. The van der Waals surface area contributed by atoms with Gasteiger partial charge in [-0.3, -0.25) is 4.79 Å². The van der Waals surface area contributed by atoms with Crippen LogP contribution in [0.5, 0.6) is 0 Å². The van der Waals surface area contributed by atoms with Crippen molar-refractivity contribution >= 4 is 11.6 Å². The fourth-order valence-electron chi connectivity index (χ4n) is 2.72. The predicted octanol–water partition coefficient (Wildman–Crippen LogP) is 2.83. The molecule has 2 rings (SSSR count). The summed E-state index contributed by atoms with van der Waals surface area (Å²) in [5, 5.41) is 3.11. The number of rotatable bonds is 3. The van der Waals surface area contributed by atoms with Crippen molar-refractivity contribution in [3.8, 4) is 0 Å². The number of nitrogens with two attached hydrogens (primary N) is 1. The molecular formula is C16H24N2O. The lowest BCUT2D eigenvalue weighted by Gasteiger charge is -2.30. The molecule has 3 nitrogen and oxygen atoms in total. The monoisotopic (exact) mass is 260 g/mol. The second-order valence-corrected chi connectivity index (χ2v) is 6.41. The van der Waals surface area contributed by atoms with Crippen LogP contribution >= 0.6 is 0 Å². The van der Waals surface area contributed by atoms with Gasteiger partial charge in [0.15, 0.2) is 0 Å². The SMILES string of the molecule is CC(C)(C)c1cccc2c1NC(=O)C(CCCN)C2. The summed E-state index contributed by atoms with van der Waals surface area (Å²) in [4.78, 5) is 12.2. The van der Waals surface area contributed by atoms with Crippen molar-refractivity contribution in [1.82, 2.24) is 0 Å². The first-order valence-corrected chi connectivity index (χ1v) is 7.07. The number of hydrogen-bond acceptors (Lipinski definition) is 2. The molecule has 1 unspecified atom stereocenters. The van der Waals surface area contributed by atoms with Crippen LogP contribution in [-0.2, 0) is 16.6 Å². The Bertz CT molecular complexity index is 474. The van der Waals surface area contributed by atoms with Crippen molar-refractivity contribution in [1.29, 1.82) is 0 Å². The normalized spacial score (nSPS) is 18.9. The molecule has 1 heterocycles. The first-order valence-electron chi connectivity index (χ1n) is 7.07. The lowest BCUT2D eigenvalue weighted by molar-refractivity contribution is -0.120. The van der Waals surface area contributed by atoms with Crippen LogP contribution in [0.1, 0.15) is 44.7 Å². The Morgan fingerprint density at radius 2 is 2.11 bits per heavy atom. The Hall–Kier alpha value is -1.35. The molecule has 0 radical (unpaired) electrons. The zero-order valence-corrected chi connectivity index (χ0v) is 12.1. The number of para-hydroxylation sites is 1. The summed E-state index contributed by atoms with van der Waals surface area (Å²) in [5.41, 5.74) is 9.09. The van der Waals surface area contributed by atoms with E-state index in [2.05, 4.69) is 44.3 Å². The fourth-order valence-corrected chi connectivity index (χ4v) is 2.72. The number of anilines is 1. The summed E-state index contributed by atoms with van der Waals surface area (Å²) < 4.78 is 0. The van der Waals surface area contributed by atoms with Gasteiger partial charge >= 0.3 is 0 Å². The summed E-state index contributed by atoms with van der Waals surface area (Å²) in [5.74, 6) is 0.226. The van der Waals surface area contributed by atoms with Gasteiger partial charge in [-0.05, 0) is 42.3 Å². The lowest BCUT2D eigenvalue weighted by atomic mass is 9.81. The van der Waals surface area contributed by atoms with Crippen molar-refractivity contribution < 1.29 is 4.79 Å². The number of benzene rings is 1. The summed E-state index contributed by atoms with van der Waals surface area (Å²) in [7, 11) is 0. The van der Waals surface area contributed by atoms with Gasteiger partial charge in [0.25, 0.3) is 0 Å². The molecule has 1 aromatic rings. The van der Waals surface area contributed by atoms with Crippen molar-refractivity contribution in [3.05, 3.63) is 29.3 Å².